The maximum Gasteiger partial charge on any atom is 0.399 e. The van der Waals surface area contributed by atoms with Crippen molar-refractivity contribution in [1.82, 2.24) is 9.97 Å². The van der Waals surface area contributed by atoms with Gasteiger partial charge in [0.15, 0.2) is 0 Å². The lowest BCUT2D eigenvalue weighted by Gasteiger charge is -2.18. The standard InChI is InChI=1S/C13H17N5O4S/c1-18(9-10-22-23(19,20)21-2)12-5-3-11(4-6-12)16-17-13-14-7-8-15-13/h3-8H,9-10H2,1-2H3,(H,14,15). The van der Waals surface area contributed by atoms with Crippen LogP contribution in [0.4, 0.5) is 17.3 Å². The molecular weight excluding hydrogens is 322 g/mol. The molecule has 0 fully saturated rings. The van der Waals surface area contributed by atoms with Crippen LogP contribution in [0.15, 0.2) is 46.9 Å². The molecule has 0 amide bonds. The predicted octanol–water partition coefficient (Wildman–Crippen LogP) is 2.17. The Hall–Kier alpha value is -2.30. The first-order valence-electron chi connectivity index (χ1n) is 6.67. The number of rotatable bonds is 8. The molecule has 0 radical (unpaired) electrons. The largest absolute Gasteiger partial charge is 0.399 e. The van der Waals surface area contributed by atoms with Gasteiger partial charge in [-0.2, -0.15) is 8.42 Å². The molecule has 23 heavy (non-hydrogen) atoms. The van der Waals surface area contributed by atoms with E-state index >= 15 is 0 Å². The van der Waals surface area contributed by atoms with Gasteiger partial charge < -0.3 is 9.88 Å². The smallest absolute Gasteiger partial charge is 0.372 e. The number of hydrogen-bond donors (Lipinski definition) is 1. The molecule has 0 saturated heterocycles. The van der Waals surface area contributed by atoms with Gasteiger partial charge in [-0.1, -0.05) is 0 Å². The Morgan fingerprint density at radius 1 is 1.26 bits per heavy atom. The SMILES string of the molecule is COS(=O)(=O)OCCN(C)c1ccc(N=Nc2ncc[nH]2)cc1. The van der Waals surface area contributed by atoms with Crippen LogP contribution in [0.2, 0.25) is 0 Å². The molecule has 2 aromatic rings. The molecule has 1 N–H and O–H groups in total. The predicted molar refractivity (Wildman–Crippen MR) is 84.4 cm³/mol. The van der Waals surface area contributed by atoms with E-state index in [1.165, 1.54) is 0 Å². The van der Waals surface area contributed by atoms with Gasteiger partial charge in [0.1, 0.15) is 0 Å². The van der Waals surface area contributed by atoms with Crippen molar-refractivity contribution in [3.63, 3.8) is 0 Å². The highest BCUT2D eigenvalue weighted by Crippen LogP contribution is 2.20. The number of aromatic nitrogens is 2. The monoisotopic (exact) mass is 339 g/mol. The molecule has 1 aromatic carbocycles. The molecule has 0 aliphatic heterocycles. The molecule has 0 atom stereocenters. The number of aromatic amines is 1. The first-order chi connectivity index (χ1) is 11.0. The van der Waals surface area contributed by atoms with Crippen molar-refractivity contribution in [2.75, 3.05) is 32.2 Å². The maximum atomic E-state index is 11.0. The Labute approximate surface area is 134 Å². The van der Waals surface area contributed by atoms with E-state index in [0.29, 0.717) is 18.2 Å². The van der Waals surface area contributed by atoms with E-state index in [4.69, 9.17) is 0 Å². The van der Waals surface area contributed by atoms with Crippen molar-refractivity contribution in [2.24, 2.45) is 10.2 Å². The van der Waals surface area contributed by atoms with E-state index in [9.17, 15) is 8.42 Å². The fraction of sp³-hybridized carbons (Fsp3) is 0.308. The number of anilines is 1. The summed E-state index contributed by atoms with van der Waals surface area (Å²) >= 11 is 0. The molecule has 124 valence electrons. The lowest BCUT2D eigenvalue weighted by molar-refractivity contribution is 0.248. The summed E-state index contributed by atoms with van der Waals surface area (Å²) < 4.78 is 30.9. The number of benzene rings is 1. The topological polar surface area (TPSA) is 109 Å². The van der Waals surface area contributed by atoms with Crippen LogP contribution >= 0.6 is 0 Å². The van der Waals surface area contributed by atoms with Gasteiger partial charge in [0.2, 0.25) is 5.95 Å². The van der Waals surface area contributed by atoms with Gasteiger partial charge >= 0.3 is 10.4 Å². The summed E-state index contributed by atoms with van der Waals surface area (Å²) in [6.45, 7) is 0.377. The Morgan fingerprint density at radius 2 is 2.00 bits per heavy atom. The van der Waals surface area contributed by atoms with Crippen LogP contribution in [-0.2, 0) is 18.8 Å². The maximum absolute atomic E-state index is 11.0. The van der Waals surface area contributed by atoms with Crippen molar-refractivity contribution >= 4 is 27.7 Å². The molecule has 0 bridgehead atoms. The quantitative estimate of drug-likeness (QED) is 0.738. The van der Waals surface area contributed by atoms with E-state index in [0.717, 1.165) is 12.8 Å². The molecular formula is C13H17N5O4S. The molecule has 2 rings (SSSR count). The first kappa shape index (κ1) is 17.1. The van der Waals surface area contributed by atoms with Crippen molar-refractivity contribution in [2.45, 2.75) is 0 Å². The highest BCUT2D eigenvalue weighted by atomic mass is 32.3. The Kier molecular flexibility index (Phi) is 5.79. The molecule has 1 heterocycles. The van der Waals surface area contributed by atoms with Crippen molar-refractivity contribution in [3.8, 4) is 0 Å². The third-order valence-corrected chi connectivity index (χ3v) is 3.76. The Bertz CT molecular complexity index is 728. The summed E-state index contributed by atoms with van der Waals surface area (Å²) in [6.07, 6.45) is 3.26. The third-order valence-electron chi connectivity index (χ3n) is 2.89. The third kappa shape index (κ3) is 5.43. The second-order valence-corrected chi connectivity index (χ2v) is 5.83. The number of likely N-dealkylation sites (N-methyl/N-ethyl adjacent to an activating group) is 1. The minimum atomic E-state index is -3.90. The van der Waals surface area contributed by atoms with Crippen LogP contribution in [0.25, 0.3) is 0 Å². The van der Waals surface area contributed by atoms with Crippen molar-refractivity contribution in [1.29, 1.82) is 0 Å². The molecule has 0 aliphatic rings. The number of nitrogens with zero attached hydrogens (tertiary/aromatic N) is 4. The minimum absolute atomic E-state index is 0.00731. The van der Waals surface area contributed by atoms with Gasteiger partial charge in [0.05, 0.1) is 19.4 Å². The Morgan fingerprint density at radius 3 is 2.61 bits per heavy atom. The summed E-state index contributed by atoms with van der Waals surface area (Å²) in [5.74, 6) is 0.433. The lowest BCUT2D eigenvalue weighted by atomic mass is 10.2. The second kappa shape index (κ2) is 7.81. The van der Waals surface area contributed by atoms with E-state index in [-0.39, 0.29) is 6.61 Å². The molecule has 9 nitrogen and oxygen atoms in total. The molecule has 0 aliphatic carbocycles. The number of imidazole rings is 1. The summed E-state index contributed by atoms with van der Waals surface area (Å²) in [4.78, 5) is 8.61. The summed E-state index contributed by atoms with van der Waals surface area (Å²) in [7, 11) is -1.02. The van der Waals surface area contributed by atoms with Crippen LogP contribution in [0.3, 0.4) is 0 Å². The van der Waals surface area contributed by atoms with E-state index in [2.05, 4.69) is 28.6 Å². The fourth-order valence-corrected chi connectivity index (χ4v) is 2.02. The zero-order valence-corrected chi connectivity index (χ0v) is 13.5. The van der Waals surface area contributed by atoms with Gasteiger partial charge in [0, 0.05) is 31.7 Å². The summed E-state index contributed by atoms with van der Waals surface area (Å²) in [5.41, 5.74) is 1.57. The first-order valence-corrected chi connectivity index (χ1v) is 8.01. The normalized spacial score (nSPS) is 11.9. The zero-order chi connectivity index (χ0) is 16.7. The molecule has 1 aromatic heterocycles. The lowest BCUT2D eigenvalue weighted by Crippen LogP contribution is -2.24. The van der Waals surface area contributed by atoms with Gasteiger partial charge in [-0.15, -0.1) is 10.2 Å². The van der Waals surface area contributed by atoms with E-state index < -0.39 is 10.4 Å². The van der Waals surface area contributed by atoms with Crippen LogP contribution in [0, 0.1) is 0 Å². The van der Waals surface area contributed by atoms with Crippen LogP contribution in [0.5, 0.6) is 0 Å². The molecule has 0 spiro atoms. The highest BCUT2D eigenvalue weighted by Gasteiger charge is 2.09. The molecule has 0 unspecified atom stereocenters. The Balaban J connectivity index is 1.88. The average molecular weight is 339 g/mol. The molecule has 0 saturated carbocycles. The number of H-pyrrole nitrogens is 1. The van der Waals surface area contributed by atoms with Crippen LogP contribution in [0.1, 0.15) is 0 Å². The van der Waals surface area contributed by atoms with Gasteiger partial charge in [-0.3, -0.25) is 4.18 Å². The van der Waals surface area contributed by atoms with Gasteiger partial charge in [0.25, 0.3) is 0 Å². The van der Waals surface area contributed by atoms with Gasteiger partial charge in [-0.05, 0) is 24.3 Å². The summed E-state index contributed by atoms with van der Waals surface area (Å²) in [6, 6.07) is 7.29. The van der Waals surface area contributed by atoms with Gasteiger partial charge in [-0.25, -0.2) is 9.17 Å². The fourth-order valence-electron chi connectivity index (χ4n) is 1.64. The molecule has 10 heteroatoms. The van der Waals surface area contributed by atoms with Crippen LogP contribution < -0.4 is 4.90 Å². The van der Waals surface area contributed by atoms with Crippen molar-refractivity contribution in [3.05, 3.63) is 36.7 Å². The number of azo groups is 1. The summed E-state index contributed by atoms with van der Waals surface area (Å²) in [5, 5.41) is 7.99. The van der Waals surface area contributed by atoms with E-state index in [1.807, 2.05) is 24.1 Å². The number of nitrogens with one attached hydrogen (secondary N) is 1. The minimum Gasteiger partial charge on any atom is -0.372 e. The highest BCUT2D eigenvalue weighted by molar-refractivity contribution is 7.81. The van der Waals surface area contributed by atoms with E-state index in [1.54, 1.807) is 24.5 Å². The second-order valence-electron chi connectivity index (χ2n) is 4.45. The van der Waals surface area contributed by atoms with Crippen molar-refractivity contribution < 1.29 is 16.8 Å². The zero-order valence-electron chi connectivity index (χ0n) is 12.7. The number of hydrogen-bond acceptors (Lipinski definition) is 8. The van der Waals surface area contributed by atoms with Crippen LogP contribution in [-0.4, -0.2) is 45.7 Å². The average Bonchev–Trinajstić information content (AvgIpc) is 3.06.